The highest BCUT2D eigenvalue weighted by molar-refractivity contribution is 6.31. The monoisotopic (exact) mass is 325 g/mol. The Labute approximate surface area is 131 Å². The van der Waals surface area contributed by atoms with E-state index >= 15 is 0 Å². The van der Waals surface area contributed by atoms with E-state index in [1.165, 1.54) is 26.2 Å². The van der Waals surface area contributed by atoms with Crippen LogP contribution in [-0.2, 0) is 4.74 Å². The minimum atomic E-state index is -1.21. The lowest BCUT2D eigenvalue weighted by molar-refractivity contribution is -0.0148. The second-order valence-corrected chi connectivity index (χ2v) is 5.66. The number of carbonyl (C=O) groups excluding carboxylic acids is 1. The first kappa shape index (κ1) is 16.5. The van der Waals surface area contributed by atoms with Gasteiger partial charge in [0.25, 0.3) is 5.91 Å². The fourth-order valence-electron chi connectivity index (χ4n) is 1.96. The van der Waals surface area contributed by atoms with E-state index in [-0.39, 0.29) is 29.9 Å². The van der Waals surface area contributed by atoms with Gasteiger partial charge >= 0.3 is 0 Å². The Morgan fingerprint density at radius 2 is 2.18 bits per heavy atom. The normalized spacial score (nSPS) is 13.8. The molecule has 2 aromatic rings. The highest BCUT2D eigenvalue weighted by Gasteiger charge is 2.22. The molecule has 1 amide bonds. The molecule has 0 bridgehead atoms. The zero-order valence-electron chi connectivity index (χ0n) is 12.2. The second-order valence-electron chi connectivity index (χ2n) is 5.23. The van der Waals surface area contributed by atoms with Crippen LogP contribution < -0.4 is 10.7 Å². The van der Waals surface area contributed by atoms with Gasteiger partial charge in [0, 0.05) is 24.7 Å². The van der Waals surface area contributed by atoms with Crippen molar-refractivity contribution < 1.29 is 19.1 Å². The van der Waals surface area contributed by atoms with Gasteiger partial charge in [-0.3, -0.25) is 9.59 Å². The number of amides is 1. The van der Waals surface area contributed by atoms with E-state index in [4.69, 9.17) is 20.8 Å². The highest BCUT2D eigenvalue weighted by Crippen LogP contribution is 2.17. The van der Waals surface area contributed by atoms with Crippen LogP contribution in [0.5, 0.6) is 0 Å². The minimum absolute atomic E-state index is 0.0396. The van der Waals surface area contributed by atoms with E-state index in [0.29, 0.717) is 10.4 Å². The minimum Gasteiger partial charge on any atom is -0.451 e. The third-order valence-corrected chi connectivity index (χ3v) is 3.23. The predicted octanol–water partition coefficient (Wildman–Crippen LogP) is 1.57. The van der Waals surface area contributed by atoms with E-state index in [1.807, 2.05) is 0 Å². The molecular formula is C15H16ClNO5. The molecule has 2 rings (SSSR count). The van der Waals surface area contributed by atoms with Crippen LogP contribution in [0.4, 0.5) is 0 Å². The summed E-state index contributed by atoms with van der Waals surface area (Å²) in [5.74, 6) is -0.724. The van der Waals surface area contributed by atoms with E-state index in [1.54, 1.807) is 6.07 Å². The number of hydrogen-bond donors (Lipinski definition) is 2. The zero-order chi connectivity index (χ0) is 16.3. The lowest BCUT2D eigenvalue weighted by Crippen LogP contribution is -2.43. The first-order valence-electron chi connectivity index (χ1n) is 6.55. The first-order valence-corrected chi connectivity index (χ1v) is 6.93. The van der Waals surface area contributed by atoms with Crippen molar-refractivity contribution in [2.24, 2.45) is 0 Å². The maximum atomic E-state index is 12.0. The summed E-state index contributed by atoms with van der Waals surface area (Å²) in [5, 5.41) is 13.1. The average molecular weight is 326 g/mol. The molecule has 0 aliphatic heterocycles. The quantitative estimate of drug-likeness (QED) is 0.871. The van der Waals surface area contributed by atoms with Crippen molar-refractivity contribution >= 4 is 28.5 Å². The third-order valence-electron chi connectivity index (χ3n) is 3.00. The molecule has 6 nitrogen and oxygen atoms in total. The number of hydrogen-bond acceptors (Lipinski definition) is 5. The van der Waals surface area contributed by atoms with Crippen molar-refractivity contribution in [3.63, 3.8) is 0 Å². The summed E-state index contributed by atoms with van der Waals surface area (Å²) in [5.41, 5.74) is -1.31. The SMILES string of the molecule is COCC(C)(O)CNC(=O)c1cc(=O)c2cc(Cl)ccc2o1. The standard InChI is InChI=1S/C15H16ClNO5/c1-15(20,8-21-2)7-17-14(19)13-6-11(18)10-5-9(16)3-4-12(10)22-13/h3-6,20H,7-8H2,1-2H3,(H,17,19). The summed E-state index contributed by atoms with van der Waals surface area (Å²) in [4.78, 5) is 24.0. The Balaban J connectivity index is 2.22. The number of rotatable bonds is 5. The number of carbonyl (C=O) groups is 1. The van der Waals surface area contributed by atoms with Crippen molar-refractivity contribution in [1.82, 2.24) is 5.32 Å². The summed E-state index contributed by atoms with van der Waals surface area (Å²) in [6.45, 7) is 1.55. The molecule has 2 N–H and O–H groups in total. The summed E-state index contributed by atoms with van der Waals surface area (Å²) in [6.07, 6.45) is 0. The predicted molar refractivity (Wildman–Crippen MR) is 82.3 cm³/mol. The van der Waals surface area contributed by atoms with Gasteiger partial charge in [0.15, 0.2) is 11.2 Å². The Kier molecular flexibility index (Phi) is 4.85. The molecule has 22 heavy (non-hydrogen) atoms. The van der Waals surface area contributed by atoms with Gasteiger partial charge in [-0.05, 0) is 25.1 Å². The Morgan fingerprint density at radius 1 is 1.45 bits per heavy atom. The fraction of sp³-hybridized carbons (Fsp3) is 0.333. The average Bonchev–Trinajstić information content (AvgIpc) is 2.45. The van der Waals surface area contributed by atoms with Gasteiger partial charge in [-0.2, -0.15) is 0 Å². The van der Waals surface area contributed by atoms with Crippen molar-refractivity contribution in [2.75, 3.05) is 20.3 Å². The summed E-state index contributed by atoms with van der Waals surface area (Å²) in [7, 11) is 1.45. The van der Waals surface area contributed by atoms with Crippen molar-refractivity contribution in [1.29, 1.82) is 0 Å². The highest BCUT2D eigenvalue weighted by atomic mass is 35.5. The van der Waals surface area contributed by atoms with E-state index in [0.717, 1.165) is 6.07 Å². The molecule has 0 saturated heterocycles. The van der Waals surface area contributed by atoms with Crippen LogP contribution in [0.1, 0.15) is 17.5 Å². The molecule has 1 heterocycles. The lowest BCUT2D eigenvalue weighted by atomic mass is 10.1. The topological polar surface area (TPSA) is 88.8 Å². The number of methoxy groups -OCH3 is 1. The van der Waals surface area contributed by atoms with Crippen LogP contribution in [-0.4, -0.2) is 36.9 Å². The fourth-order valence-corrected chi connectivity index (χ4v) is 2.13. The molecule has 7 heteroatoms. The van der Waals surface area contributed by atoms with Gasteiger partial charge in [0.05, 0.1) is 12.0 Å². The molecule has 0 radical (unpaired) electrons. The maximum Gasteiger partial charge on any atom is 0.287 e. The summed E-state index contributed by atoms with van der Waals surface area (Å²) < 4.78 is 10.2. The molecule has 0 aliphatic carbocycles. The van der Waals surface area contributed by atoms with Crippen LogP contribution >= 0.6 is 11.6 Å². The van der Waals surface area contributed by atoms with Gasteiger partial charge in [-0.25, -0.2) is 0 Å². The van der Waals surface area contributed by atoms with Crippen molar-refractivity contribution in [3.05, 3.63) is 45.3 Å². The van der Waals surface area contributed by atoms with Crippen LogP contribution in [0, 0.1) is 0 Å². The molecule has 1 aromatic carbocycles. The van der Waals surface area contributed by atoms with E-state index in [2.05, 4.69) is 5.32 Å². The number of fused-ring (bicyclic) bond motifs is 1. The van der Waals surface area contributed by atoms with E-state index in [9.17, 15) is 14.7 Å². The zero-order valence-corrected chi connectivity index (χ0v) is 12.9. The second kappa shape index (κ2) is 6.48. The van der Waals surface area contributed by atoms with Gasteiger partial charge in [0.1, 0.15) is 11.2 Å². The summed E-state index contributed by atoms with van der Waals surface area (Å²) in [6, 6.07) is 5.67. The Hall–Kier alpha value is -1.89. The summed E-state index contributed by atoms with van der Waals surface area (Å²) >= 11 is 5.82. The molecule has 0 aliphatic rings. The van der Waals surface area contributed by atoms with Gasteiger partial charge in [-0.1, -0.05) is 11.6 Å². The molecule has 0 fully saturated rings. The lowest BCUT2D eigenvalue weighted by Gasteiger charge is -2.22. The van der Waals surface area contributed by atoms with E-state index < -0.39 is 11.5 Å². The number of nitrogens with one attached hydrogen (secondary N) is 1. The molecule has 118 valence electrons. The number of halogens is 1. The number of aliphatic hydroxyl groups is 1. The number of benzene rings is 1. The molecule has 0 spiro atoms. The first-order chi connectivity index (χ1) is 10.3. The van der Waals surface area contributed by atoms with Crippen LogP contribution in [0.25, 0.3) is 11.0 Å². The van der Waals surface area contributed by atoms with Crippen LogP contribution in [0.15, 0.2) is 33.5 Å². The molecule has 1 aromatic heterocycles. The van der Waals surface area contributed by atoms with Gasteiger partial charge in [-0.15, -0.1) is 0 Å². The maximum absolute atomic E-state index is 12.0. The van der Waals surface area contributed by atoms with Gasteiger partial charge < -0.3 is 19.6 Å². The molecule has 1 atom stereocenters. The molecule has 1 unspecified atom stereocenters. The van der Waals surface area contributed by atoms with Crippen LogP contribution in [0.3, 0.4) is 0 Å². The third kappa shape index (κ3) is 3.85. The Bertz CT molecular complexity index is 753. The largest absolute Gasteiger partial charge is 0.451 e. The molecular weight excluding hydrogens is 310 g/mol. The number of ether oxygens (including phenoxy) is 1. The smallest absolute Gasteiger partial charge is 0.287 e. The Morgan fingerprint density at radius 3 is 2.86 bits per heavy atom. The van der Waals surface area contributed by atoms with Gasteiger partial charge in [0.2, 0.25) is 0 Å². The molecule has 0 saturated carbocycles. The van der Waals surface area contributed by atoms with Crippen molar-refractivity contribution in [2.45, 2.75) is 12.5 Å². The van der Waals surface area contributed by atoms with Crippen molar-refractivity contribution in [3.8, 4) is 0 Å². The van der Waals surface area contributed by atoms with Crippen LogP contribution in [0.2, 0.25) is 5.02 Å².